The minimum atomic E-state index is -1.07. The van der Waals surface area contributed by atoms with Gasteiger partial charge in [-0.1, -0.05) is 24.3 Å². The van der Waals surface area contributed by atoms with Gasteiger partial charge in [0.25, 0.3) is 0 Å². The van der Waals surface area contributed by atoms with Gasteiger partial charge in [0.1, 0.15) is 0 Å². The lowest BCUT2D eigenvalue weighted by atomic mass is 10.1. The first-order valence-electron chi connectivity index (χ1n) is 6.49. The second-order valence-corrected chi connectivity index (χ2v) is 4.62. The first kappa shape index (κ1) is 14.6. The Kier molecular flexibility index (Phi) is 4.56. The Morgan fingerprint density at radius 1 is 1.10 bits per heavy atom. The van der Waals surface area contributed by atoms with E-state index in [1.807, 2.05) is 37.3 Å². The van der Waals surface area contributed by atoms with Gasteiger partial charge in [-0.25, -0.2) is 4.79 Å². The SMILES string of the molecule is Cc1ccc(C(=O)O)c(NC(=O)CNc2ccccc2)c1. The van der Waals surface area contributed by atoms with Gasteiger partial charge < -0.3 is 15.7 Å². The molecule has 0 heterocycles. The largest absolute Gasteiger partial charge is 0.478 e. The maximum Gasteiger partial charge on any atom is 0.337 e. The van der Waals surface area contributed by atoms with E-state index in [1.54, 1.807) is 12.1 Å². The van der Waals surface area contributed by atoms with Gasteiger partial charge >= 0.3 is 5.97 Å². The van der Waals surface area contributed by atoms with E-state index in [9.17, 15) is 9.59 Å². The minimum Gasteiger partial charge on any atom is -0.478 e. The zero-order valence-electron chi connectivity index (χ0n) is 11.6. The van der Waals surface area contributed by atoms with E-state index >= 15 is 0 Å². The highest BCUT2D eigenvalue weighted by atomic mass is 16.4. The highest BCUT2D eigenvalue weighted by Gasteiger charge is 2.12. The van der Waals surface area contributed by atoms with Crippen LogP contribution in [0, 0.1) is 6.92 Å². The summed E-state index contributed by atoms with van der Waals surface area (Å²) in [4.78, 5) is 23.0. The molecule has 3 N–H and O–H groups in total. The third-order valence-corrected chi connectivity index (χ3v) is 2.91. The molecule has 2 aromatic rings. The number of carbonyl (C=O) groups excluding carboxylic acids is 1. The third-order valence-electron chi connectivity index (χ3n) is 2.91. The summed E-state index contributed by atoms with van der Waals surface area (Å²) in [6.45, 7) is 1.90. The van der Waals surface area contributed by atoms with E-state index in [4.69, 9.17) is 5.11 Å². The normalized spacial score (nSPS) is 9.95. The molecule has 1 amide bonds. The molecule has 108 valence electrons. The zero-order chi connectivity index (χ0) is 15.2. The topological polar surface area (TPSA) is 78.4 Å². The Morgan fingerprint density at radius 2 is 1.81 bits per heavy atom. The molecule has 0 atom stereocenters. The lowest BCUT2D eigenvalue weighted by Gasteiger charge is -2.10. The Labute approximate surface area is 122 Å². The van der Waals surface area contributed by atoms with Crippen molar-refractivity contribution in [2.45, 2.75) is 6.92 Å². The Balaban J connectivity index is 2.02. The predicted octanol–water partition coefficient (Wildman–Crippen LogP) is 2.74. The number of carboxylic acids is 1. The summed E-state index contributed by atoms with van der Waals surface area (Å²) in [5.74, 6) is -1.37. The van der Waals surface area contributed by atoms with Gasteiger partial charge in [0.15, 0.2) is 0 Å². The molecule has 0 saturated heterocycles. The smallest absolute Gasteiger partial charge is 0.337 e. The second-order valence-electron chi connectivity index (χ2n) is 4.62. The summed E-state index contributed by atoms with van der Waals surface area (Å²) in [5.41, 5.74) is 2.10. The molecule has 0 aromatic heterocycles. The molecule has 0 spiro atoms. The fraction of sp³-hybridized carbons (Fsp3) is 0.125. The van der Waals surface area contributed by atoms with Crippen LogP contribution in [-0.2, 0) is 4.79 Å². The van der Waals surface area contributed by atoms with Gasteiger partial charge in [-0.15, -0.1) is 0 Å². The van der Waals surface area contributed by atoms with Crippen LogP contribution in [0.3, 0.4) is 0 Å². The molecule has 0 aliphatic heterocycles. The molecular formula is C16H16N2O3. The number of anilines is 2. The maximum absolute atomic E-state index is 11.9. The molecule has 0 unspecified atom stereocenters. The lowest BCUT2D eigenvalue weighted by molar-refractivity contribution is -0.114. The molecule has 0 aliphatic rings. The van der Waals surface area contributed by atoms with E-state index in [1.165, 1.54) is 6.07 Å². The van der Waals surface area contributed by atoms with Gasteiger partial charge in [0.05, 0.1) is 17.8 Å². The van der Waals surface area contributed by atoms with Crippen LogP contribution in [0.5, 0.6) is 0 Å². The van der Waals surface area contributed by atoms with Gasteiger partial charge in [0.2, 0.25) is 5.91 Å². The molecule has 0 saturated carbocycles. The van der Waals surface area contributed by atoms with E-state index < -0.39 is 5.97 Å². The van der Waals surface area contributed by atoms with Crippen molar-refractivity contribution in [1.29, 1.82) is 0 Å². The number of benzene rings is 2. The summed E-state index contributed by atoms with van der Waals surface area (Å²) in [6, 6.07) is 14.1. The van der Waals surface area contributed by atoms with Crippen molar-refractivity contribution in [2.75, 3.05) is 17.2 Å². The average molecular weight is 284 g/mol. The van der Waals surface area contributed by atoms with Gasteiger partial charge in [-0.05, 0) is 36.8 Å². The van der Waals surface area contributed by atoms with E-state index in [0.717, 1.165) is 11.3 Å². The van der Waals surface area contributed by atoms with Crippen molar-refractivity contribution in [3.05, 3.63) is 59.7 Å². The van der Waals surface area contributed by atoms with Crippen LogP contribution in [-0.4, -0.2) is 23.5 Å². The molecule has 0 bridgehead atoms. The first-order chi connectivity index (χ1) is 10.1. The molecule has 0 radical (unpaired) electrons. The molecule has 2 rings (SSSR count). The number of para-hydroxylation sites is 1. The number of aryl methyl sites for hydroxylation is 1. The van der Waals surface area contributed by atoms with Crippen LogP contribution in [0.4, 0.5) is 11.4 Å². The van der Waals surface area contributed by atoms with Gasteiger partial charge in [-0.3, -0.25) is 4.79 Å². The average Bonchev–Trinajstić information content (AvgIpc) is 2.46. The molecule has 2 aromatic carbocycles. The predicted molar refractivity (Wildman–Crippen MR) is 81.7 cm³/mol. The zero-order valence-corrected chi connectivity index (χ0v) is 11.6. The second kappa shape index (κ2) is 6.56. The molecule has 21 heavy (non-hydrogen) atoms. The van der Waals surface area contributed by atoms with Gasteiger partial charge in [0, 0.05) is 5.69 Å². The summed E-state index contributed by atoms with van der Waals surface area (Å²) in [7, 11) is 0. The van der Waals surface area contributed by atoms with Crippen molar-refractivity contribution >= 4 is 23.3 Å². The van der Waals surface area contributed by atoms with Crippen LogP contribution >= 0.6 is 0 Å². The summed E-state index contributed by atoms with van der Waals surface area (Å²) >= 11 is 0. The standard InChI is InChI=1S/C16H16N2O3/c1-11-7-8-13(16(20)21)14(9-11)18-15(19)10-17-12-5-3-2-4-6-12/h2-9,17H,10H2,1H3,(H,18,19)(H,20,21). The number of rotatable bonds is 5. The monoisotopic (exact) mass is 284 g/mol. The van der Waals surface area contributed by atoms with Crippen LogP contribution in [0.25, 0.3) is 0 Å². The van der Waals surface area contributed by atoms with Crippen LogP contribution in [0.15, 0.2) is 48.5 Å². The Hall–Kier alpha value is -2.82. The fourth-order valence-electron chi connectivity index (χ4n) is 1.88. The number of hydrogen-bond acceptors (Lipinski definition) is 3. The van der Waals surface area contributed by atoms with Crippen molar-refractivity contribution in [3.8, 4) is 0 Å². The highest BCUT2D eigenvalue weighted by Crippen LogP contribution is 2.17. The number of nitrogens with one attached hydrogen (secondary N) is 2. The van der Waals surface area contributed by atoms with Crippen LogP contribution in [0.1, 0.15) is 15.9 Å². The summed E-state index contributed by atoms with van der Waals surface area (Å²) < 4.78 is 0. The van der Waals surface area contributed by atoms with Crippen LogP contribution < -0.4 is 10.6 Å². The van der Waals surface area contributed by atoms with Crippen molar-refractivity contribution in [2.24, 2.45) is 0 Å². The Morgan fingerprint density at radius 3 is 2.48 bits per heavy atom. The first-order valence-corrected chi connectivity index (χ1v) is 6.49. The fourth-order valence-corrected chi connectivity index (χ4v) is 1.88. The summed E-state index contributed by atoms with van der Waals surface area (Å²) in [6.07, 6.45) is 0. The number of amides is 1. The number of carboxylic acid groups (broad SMARTS) is 1. The van der Waals surface area contributed by atoms with Crippen molar-refractivity contribution in [1.82, 2.24) is 0 Å². The molecular weight excluding hydrogens is 268 g/mol. The molecule has 5 nitrogen and oxygen atoms in total. The quantitative estimate of drug-likeness (QED) is 0.789. The number of aromatic carboxylic acids is 1. The molecule has 5 heteroatoms. The van der Waals surface area contributed by atoms with Crippen molar-refractivity contribution in [3.63, 3.8) is 0 Å². The molecule has 0 fully saturated rings. The summed E-state index contributed by atoms with van der Waals surface area (Å²) in [5, 5.41) is 14.7. The van der Waals surface area contributed by atoms with E-state index in [2.05, 4.69) is 10.6 Å². The highest BCUT2D eigenvalue weighted by molar-refractivity contribution is 6.01. The minimum absolute atomic E-state index is 0.0665. The number of carbonyl (C=O) groups is 2. The number of hydrogen-bond donors (Lipinski definition) is 3. The molecule has 0 aliphatic carbocycles. The third kappa shape index (κ3) is 4.07. The Bertz CT molecular complexity index is 654. The van der Waals surface area contributed by atoms with E-state index in [0.29, 0.717) is 5.69 Å². The van der Waals surface area contributed by atoms with E-state index in [-0.39, 0.29) is 18.0 Å². The lowest BCUT2D eigenvalue weighted by Crippen LogP contribution is -2.23. The van der Waals surface area contributed by atoms with Gasteiger partial charge in [-0.2, -0.15) is 0 Å². The van der Waals surface area contributed by atoms with Crippen molar-refractivity contribution < 1.29 is 14.7 Å². The van der Waals surface area contributed by atoms with Crippen LogP contribution in [0.2, 0.25) is 0 Å². The maximum atomic E-state index is 11.9.